The van der Waals surface area contributed by atoms with E-state index in [0.29, 0.717) is 12.1 Å². The summed E-state index contributed by atoms with van der Waals surface area (Å²) in [7, 11) is 0. The van der Waals surface area contributed by atoms with E-state index in [9.17, 15) is 0 Å². The topological polar surface area (TPSA) is 15.3 Å². The minimum Gasteiger partial charge on any atom is -0.311 e. The molecule has 2 atom stereocenters. The number of benzene rings is 1. The van der Waals surface area contributed by atoms with Gasteiger partial charge in [-0.05, 0) is 17.4 Å². The molecule has 1 saturated heterocycles. The standard InChI is InChI=1S/C18H27ClN2/c1-18(2,3)17-14-21(11-7-10-19)16(13-20-17)12-15-8-5-4-6-9-15/h4-10,16-17,20H,11-14H2,1-3H3/b10-7+. The van der Waals surface area contributed by atoms with E-state index in [1.165, 1.54) is 5.56 Å². The van der Waals surface area contributed by atoms with Gasteiger partial charge in [0.15, 0.2) is 0 Å². The van der Waals surface area contributed by atoms with Gasteiger partial charge >= 0.3 is 0 Å². The van der Waals surface area contributed by atoms with E-state index in [4.69, 9.17) is 11.6 Å². The molecular formula is C18H27ClN2. The normalized spacial score (nSPS) is 24.6. The van der Waals surface area contributed by atoms with Crippen LogP contribution in [0.3, 0.4) is 0 Å². The molecule has 116 valence electrons. The molecule has 1 aliphatic heterocycles. The summed E-state index contributed by atoms with van der Waals surface area (Å²) in [6.45, 7) is 9.94. The van der Waals surface area contributed by atoms with Gasteiger partial charge in [0.1, 0.15) is 0 Å². The number of hydrogen-bond donors (Lipinski definition) is 1. The summed E-state index contributed by atoms with van der Waals surface area (Å²) in [4.78, 5) is 2.55. The molecule has 1 aromatic rings. The van der Waals surface area contributed by atoms with Gasteiger partial charge in [0, 0.05) is 37.3 Å². The van der Waals surface area contributed by atoms with Crippen molar-refractivity contribution in [2.24, 2.45) is 5.41 Å². The summed E-state index contributed by atoms with van der Waals surface area (Å²) in [5, 5.41) is 3.74. The van der Waals surface area contributed by atoms with Gasteiger partial charge in [-0.25, -0.2) is 0 Å². The molecule has 21 heavy (non-hydrogen) atoms. The Hall–Kier alpha value is -0.830. The molecule has 0 aromatic heterocycles. The number of nitrogens with zero attached hydrogens (tertiary/aromatic N) is 1. The first kappa shape index (κ1) is 16.5. The molecule has 0 bridgehead atoms. The van der Waals surface area contributed by atoms with Gasteiger partial charge in [-0.3, -0.25) is 4.90 Å². The Morgan fingerprint density at radius 1 is 1.29 bits per heavy atom. The first-order chi connectivity index (χ1) is 10.0. The zero-order chi connectivity index (χ0) is 15.3. The molecule has 1 aliphatic rings. The highest BCUT2D eigenvalue weighted by Gasteiger charge is 2.33. The minimum absolute atomic E-state index is 0.278. The van der Waals surface area contributed by atoms with Crippen molar-refractivity contribution in [3.63, 3.8) is 0 Å². The SMILES string of the molecule is CC(C)(C)C1CN(C/C=C/Cl)C(Cc2ccccc2)CN1. The average Bonchev–Trinajstić information content (AvgIpc) is 2.46. The summed E-state index contributed by atoms with van der Waals surface area (Å²) in [5.74, 6) is 0. The molecule has 1 fully saturated rings. The van der Waals surface area contributed by atoms with E-state index in [2.05, 4.69) is 61.3 Å². The monoisotopic (exact) mass is 306 g/mol. The smallest absolute Gasteiger partial charge is 0.0265 e. The fraction of sp³-hybridized carbons (Fsp3) is 0.556. The molecule has 2 rings (SSSR count). The van der Waals surface area contributed by atoms with Crippen LogP contribution >= 0.6 is 11.6 Å². The lowest BCUT2D eigenvalue weighted by Gasteiger charge is -2.45. The van der Waals surface area contributed by atoms with Crippen LogP contribution in [-0.4, -0.2) is 36.6 Å². The fourth-order valence-corrected chi connectivity index (χ4v) is 3.00. The Kier molecular flexibility index (Phi) is 5.86. The van der Waals surface area contributed by atoms with Crippen LogP contribution in [-0.2, 0) is 6.42 Å². The second-order valence-corrected chi connectivity index (χ2v) is 7.24. The number of rotatable bonds is 4. The van der Waals surface area contributed by atoms with Crippen molar-refractivity contribution in [1.29, 1.82) is 0 Å². The van der Waals surface area contributed by atoms with Crippen molar-refractivity contribution in [2.75, 3.05) is 19.6 Å². The highest BCUT2D eigenvalue weighted by molar-refractivity contribution is 6.25. The van der Waals surface area contributed by atoms with E-state index in [1.54, 1.807) is 5.54 Å². The number of piperazine rings is 1. The van der Waals surface area contributed by atoms with Gasteiger partial charge in [0.25, 0.3) is 0 Å². The van der Waals surface area contributed by atoms with E-state index < -0.39 is 0 Å². The van der Waals surface area contributed by atoms with Gasteiger partial charge in [0.2, 0.25) is 0 Å². The summed E-state index contributed by atoms with van der Waals surface area (Å²) in [5.41, 5.74) is 3.31. The average molecular weight is 307 g/mol. The van der Waals surface area contributed by atoms with Crippen molar-refractivity contribution >= 4 is 11.6 Å². The molecule has 0 radical (unpaired) electrons. The van der Waals surface area contributed by atoms with Crippen LogP contribution in [0.5, 0.6) is 0 Å². The van der Waals surface area contributed by atoms with Crippen LogP contribution in [0.1, 0.15) is 26.3 Å². The minimum atomic E-state index is 0.278. The van der Waals surface area contributed by atoms with Crippen LogP contribution in [0.2, 0.25) is 0 Å². The summed E-state index contributed by atoms with van der Waals surface area (Å²) in [6.07, 6.45) is 3.13. The lowest BCUT2D eigenvalue weighted by molar-refractivity contribution is 0.0957. The maximum Gasteiger partial charge on any atom is 0.0265 e. The molecule has 0 spiro atoms. The van der Waals surface area contributed by atoms with Crippen LogP contribution < -0.4 is 5.32 Å². The van der Waals surface area contributed by atoms with Gasteiger partial charge in [-0.2, -0.15) is 0 Å². The molecule has 2 unspecified atom stereocenters. The second-order valence-electron chi connectivity index (χ2n) is 6.99. The predicted molar refractivity (Wildman–Crippen MR) is 91.7 cm³/mol. The number of hydrogen-bond acceptors (Lipinski definition) is 2. The Morgan fingerprint density at radius 2 is 2.00 bits per heavy atom. The van der Waals surface area contributed by atoms with E-state index in [-0.39, 0.29) is 5.41 Å². The van der Waals surface area contributed by atoms with E-state index in [1.807, 2.05) is 6.08 Å². The van der Waals surface area contributed by atoms with Gasteiger partial charge in [0.05, 0.1) is 0 Å². The Balaban J connectivity index is 2.05. The highest BCUT2D eigenvalue weighted by Crippen LogP contribution is 2.24. The third-order valence-corrected chi connectivity index (χ3v) is 4.50. The molecule has 1 heterocycles. The maximum atomic E-state index is 5.73. The van der Waals surface area contributed by atoms with Crippen LogP contribution in [0.4, 0.5) is 0 Å². The Bertz CT molecular complexity index is 450. The zero-order valence-corrected chi connectivity index (χ0v) is 14.1. The molecule has 1 aromatic carbocycles. The molecule has 0 amide bonds. The summed E-state index contributed by atoms with van der Waals surface area (Å²) < 4.78 is 0. The molecule has 0 aliphatic carbocycles. The second kappa shape index (κ2) is 7.44. The van der Waals surface area contributed by atoms with Crippen LogP contribution in [0.25, 0.3) is 0 Å². The Morgan fingerprint density at radius 3 is 2.62 bits per heavy atom. The van der Waals surface area contributed by atoms with Crippen molar-refractivity contribution in [1.82, 2.24) is 10.2 Å². The highest BCUT2D eigenvalue weighted by atomic mass is 35.5. The van der Waals surface area contributed by atoms with Gasteiger partial charge in [-0.1, -0.05) is 68.8 Å². The van der Waals surface area contributed by atoms with E-state index in [0.717, 1.165) is 26.1 Å². The fourth-order valence-electron chi connectivity index (χ4n) is 2.92. The molecule has 3 heteroatoms. The molecule has 2 nitrogen and oxygen atoms in total. The summed E-state index contributed by atoms with van der Waals surface area (Å²) >= 11 is 5.73. The predicted octanol–water partition coefficient (Wildman–Crippen LogP) is 3.67. The van der Waals surface area contributed by atoms with Crippen LogP contribution in [0, 0.1) is 5.41 Å². The Labute approximate surface area is 134 Å². The lowest BCUT2D eigenvalue weighted by atomic mass is 9.84. The van der Waals surface area contributed by atoms with Crippen molar-refractivity contribution in [2.45, 2.75) is 39.3 Å². The van der Waals surface area contributed by atoms with Crippen LogP contribution in [0.15, 0.2) is 41.9 Å². The molecule has 1 N–H and O–H groups in total. The van der Waals surface area contributed by atoms with Gasteiger partial charge in [-0.15, -0.1) is 0 Å². The number of halogens is 1. The number of nitrogens with one attached hydrogen (secondary N) is 1. The summed E-state index contributed by atoms with van der Waals surface area (Å²) in [6, 6.07) is 11.8. The third kappa shape index (κ3) is 4.84. The maximum absolute atomic E-state index is 5.73. The van der Waals surface area contributed by atoms with Crippen molar-refractivity contribution in [3.8, 4) is 0 Å². The lowest BCUT2D eigenvalue weighted by Crippen LogP contribution is -2.60. The van der Waals surface area contributed by atoms with E-state index >= 15 is 0 Å². The van der Waals surface area contributed by atoms with Gasteiger partial charge < -0.3 is 5.32 Å². The largest absolute Gasteiger partial charge is 0.311 e. The first-order valence-corrected chi connectivity index (χ1v) is 8.21. The first-order valence-electron chi connectivity index (χ1n) is 7.77. The quantitative estimate of drug-likeness (QED) is 0.913. The zero-order valence-electron chi connectivity index (χ0n) is 13.3. The van der Waals surface area contributed by atoms with Crippen molar-refractivity contribution < 1.29 is 0 Å². The third-order valence-electron chi connectivity index (χ3n) is 4.32. The molecular weight excluding hydrogens is 280 g/mol. The molecule has 0 saturated carbocycles. The van der Waals surface area contributed by atoms with Crippen molar-refractivity contribution in [3.05, 3.63) is 47.5 Å².